The van der Waals surface area contributed by atoms with Crippen molar-refractivity contribution in [3.8, 4) is 5.75 Å². The maximum absolute atomic E-state index is 12.1. The normalized spacial score (nSPS) is 10.7. The third-order valence-electron chi connectivity index (χ3n) is 3.58. The van der Waals surface area contributed by atoms with E-state index in [4.69, 9.17) is 32.4 Å². The Morgan fingerprint density at radius 1 is 1.23 bits per heavy atom. The molecule has 1 amide bonds. The van der Waals surface area contributed by atoms with Crippen molar-refractivity contribution in [2.24, 2.45) is 0 Å². The lowest BCUT2D eigenvalue weighted by atomic mass is 10.3. The first-order valence-electron chi connectivity index (χ1n) is 8.04. The summed E-state index contributed by atoms with van der Waals surface area (Å²) in [6.45, 7) is 1.42. The topological polar surface area (TPSA) is 69.3 Å². The van der Waals surface area contributed by atoms with Crippen LogP contribution >= 0.6 is 23.2 Å². The smallest absolute Gasteiger partial charge is 0.286 e. The second-order valence-corrected chi connectivity index (χ2v) is 6.27. The molecule has 8 heteroatoms. The van der Waals surface area contributed by atoms with Crippen LogP contribution in [0.2, 0.25) is 10.0 Å². The van der Waals surface area contributed by atoms with Crippen molar-refractivity contribution in [3.05, 3.63) is 70.4 Å². The van der Waals surface area contributed by atoms with E-state index < -0.39 is 0 Å². The number of aryl methyl sites for hydroxylation is 1. The third kappa shape index (κ3) is 4.80. The summed E-state index contributed by atoms with van der Waals surface area (Å²) >= 11 is 12.0. The molecule has 0 fully saturated rings. The first kappa shape index (κ1) is 18.4. The molecule has 26 heavy (non-hydrogen) atoms. The molecule has 136 valence electrons. The Hall–Kier alpha value is -2.44. The summed E-state index contributed by atoms with van der Waals surface area (Å²) in [5, 5.41) is 7.68. The highest BCUT2D eigenvalue weighted by Crippen LogP contribution is 2.32. The van der Waals surface area contributed by atoms with Crippen molar-refractivity contribution >= 4 is 29.1 Å². The Balaban J connectivity index is 1.46. The van der Waals surface area contributed by atoms with Gasteiger partial charge in [-0.1, -0.05) is 29.3 Å². The number of amides is 1. The van der Waals surface area contributed by atoms with E-state index in [1.165, 1.54) is 0 Å². The molecule has 2 aromatic heterocycles. The van der Waals surface area contributed by atoms with Crippen LogP contribution in [0.3, 0.4) is 0 Å². The fourth-order valence-electron chi connectivity index (χ4n) is 2.28. The lowest BCUT2D eigenvalue weighted by Crippen LogP contribution is -2.24. The molecule has 0 atom stereocenters. The molecule has 0 spiro atoms. The van der Waals surface area contributed by atoms with Crippen molar-refractivity contribution < 1.29 is 13.9 Å². The molecule has 3 aromatic rings. The van der Waals surface area contributed by atoms with Crippen LogP contribution in [0.5, 0.6) is 5.75 Å². The lowest BCUT2D eigenvalue weighted by Gasteiger charge is -2.07. The standard InChI is InChI=1S/C18H17Cl2N3O3/c19-14-4-1-5-15(17(14)20)25-12-13-6-7-16(26-13)18(24)21-8-2-10-23-11-3-9-22-23/h1,3-7,9,11H,2,8,10,12H2,(H,21,24). The van der Waals surface area contributed by atoms with Crippen LogP contribution in [-0.4, -0.2) is 22.2 Å². The number of benzene rings is 1. The second kappa shape index (κ2) is 8.78. The summed E-state index contributed by atoms with van der Waals surface area (Å²) in [6.07, 6.45) is 4.38. The average molecular weight is 394 g/mol. The fraction of sp³-hybridized carbons (Fsp3) is 0.222. The first-order chi connectivity index (χ1) is 12.6. The number of hydrogen-bond donors (Lipinski definition) is 1. The van der Waals surface area contributed by atoms with Gasteiger partial charge in [0.05, 0.1) is 5.02 Å². The number of halogens is 2. The maximum atomic E-state index is 12.1. The zero-order chi connectivity index (χ0) is 18.4. The number of carbonyl (C=O) groups excluding carboxylic acids is 1. The van der Waals surface area contributed by atoms with Gasteiger partial charge in [-0.2, -0.15) is 5.10 Å². The number of hydrogen-bond acceptors (Lipinski definition) is 4. The van der Waals surface area contributed by atoms with Gasteiger partial charge in [0.25, 0.3) is 5.91 Å². The number of rotatable bonds is 8. The number of carbonyl (C=O) groups is 1. The van der Waals surface area contributed by atoms with E-state index in [-0.39, 0.29) is 18.3 Å². The minimum atomic E-state index is -0.266. The van der Waals surface area contributed by atoms with E-state index in [0.717, 1.165) is 13.0 Å². The lowest BCUT2D eigenvalue weighted by molar-refractivity contribution is 0.0921. The molecule has 6 nitrogen and oxygen atoms in total. The summed E-state index contributed by atoms with van der Waals surface area (Å²) in [6, 6.07) is 10.3. The molecule has 1 N–H and O–H groups in total. The molecule has 1 aromatic carbocycles. The van der Waals surface area contributed by atoms with Gasteiger partial charge in [0.1, 0.15) is 23.1 Å². The van der Waals surface area contributed by atoms with E-state index in [1.54, 1.807) is 36.5 Å². The Bertz CT molecular complexity index is 862. The van der Waals surface area contributed by atoms with E-state index in [9.17, 15) is 4.79 Å². The fourth-order valence-corrected chi connectivity index (χ4v) is 2.63. The summed E-state index contributed by atoms with van der Waals surface area (Å²) in [5.74, 6) is 0.945. The minimum absolute atomic E-state index is 0.145. The van der Waals surface area contributed by atoms with Crippen LogP contribution < -0.4 is 10.1 Å². The highest BCUT2D eigenvalue weighted by molar-refractivity contribution is 6.42. The van der Waals surface area contributed by atoms with Gasteiger partial charge >= 0.3 is 0 Å². The van der Waals surface area contributed by atoms with Gasteiger partial charge in [0.15, 0.2) is 5.76 Å². The number of nitrogens with one attached hydrogen (secondary N) is 1. The largest absolute Gasteiger partial charge is 0.484 e. The monoisotopic (exact) mass is 393 g/mol. The van der Waals surface area contributed by atoms with Crippen molar-refractivity contribution in [1.82, 2.24) is 15.1 Å². The second-order valence-electron chi connectivity index (χ2n) is 5.49. The Kier molecular flexibility index (Phi) is 6.20. The van der Waals surface area contributed by atoms with Gasteiger partial charge in [-0.05, 0) is 36.8 Å². The van der Waals surface area contributed by atoms with Gasteiger partial charge in [0, 0.05) is 25.5 Å². The van der Waals surface area contributed by atoms with Crippen molar-refractivity contribution in [3.63, 3.8) is 0 Å². The predicted octanol–water partition coefficient (Wildman–Crippen LogP) is 4.18. The molecule has 0 aliphatic heterocycles. The Morgan fingerprint density at radius 3 is 2.92 bits per heavy atom. The van der Waals surface area contributed by atoms with Gasteiger partial charge in [-0.15, -0.1) is 0 Å². The number of aromatic nitrogens is 2. The average Bonchev–Trinajstić information content (AvgIpc) is 3.31. The van der Waals surface area contributed by atoms with Gasteiger partial charge in [-0.3, -0.25) is 9.48 Å². The molecule has 2 heterocycles. The molecule has 0 bridgehead atoms. The number of furan rings is 1. The van der Waals surface area contributed by atoms with Gasteiger partial charge in [0.2, 0.25) is 0 Å². The van der Waals surface area contributed by atoms with Gasteiger partial charge in [-0.25, -0.2) is 0 Å². The molecule has 0 saturated carbocycles. The Labute approximate surface area is 160 Å². The molecule has 0 aliphatic rings. The SMILES string of the molecule is O=C(NCCCn1cccn1)c1ccc(COc2cccc(Cl)c2Cl)o1. The van der Waals surface area contributed by atoms with E-state index in [0.29, 0.717) is 28.1 Å². The van der Waals surface area contributed by atoms with Crippen molar-refractivity contribution in [1.29, 1.82) is 0 Å². The van der Waals surface area contributed by atoms with Gasteiger partial charge < -0.3 is 14.5 Å². The van der Waals surface area contributed by atoms with Crippen molar-refractivity contribution in [2.45, 2.75) is 19.6 Å². The molecule has 3 rings (SSSR count). The van der Waals surface area contributed by atoms with Crippen LogP contribution in [0.15, 0.2) is 53.2 Å². The summed E-state index contributed by atoms with van der Waals surface area (Å²) in [4.78, 5) is 12.1. The molecule has 0 radical (unpaired) electrons. The predicted molar refractivity (Wildman–Crippen MR) is 98.7 cm³/mol. The summed E-state index contributed by atoms with van der Waals surface area (Å²) in [7, 11) is 0. The van der Waals surface area contributed by atoms with Crippen LogP contribution in [0.4, 0.5) is 0 Å². The van der Waals surface area contributed by atoms with Crippen LogP contribution in [0, 0.1) is 0 Å². The van der Waals surface area contributed by atoms with Crippen LogP contribution in [-0.2, 0) is 13.2 Å². The number of ether oxygens (including phenoxy) is 1. The molecular formula is C18H17Cl2N3O3. The molecular weight excluding hydrogens is 377 g/mol. The van der Waals surface area contributed by atoms with E-state index in [1.807, 2.05) is 16.9 Å². The Morgan fingerprint density at radius 2 is 2.12 bits per heavy atom. The molecule has 0 aliphatic carbocycles. The highest BCUT2D eigenvalue weighted by Gasteiger charge is 2.12. The van der Waals surface area contributed by atoms with Crippen molar-refractivity contribution in [2.75, 3.05) is 6.54 Å². The highest BCUT2D eigenvalue weighted by atomic mass is 35.5. The van der Waals surface area contributed by atoms with E-state index >= 15 is 0 Å². The zero-order valence-electron chi connectivity index (χ0n) is 13.8. The quantitative estimate of drug-likeness (QED) is 0.582. The summed E-state index contributed by atoms with van der Waals surface area (Å²) in [5.41, 5.74) is 0. The zero-order valence-corrected chi connectivity index (χ0v) is 15.3. The maximum Gasteiger partial charge on any atom is 0.286 e. The van der Waals surface area contributed by atoms with E-state index in [2.05, 4.69) is 10.4 Å². The first-order valence-corrected chi connectivity index (χ1v) is 8.80. The molecule has 0 saturated heterocycles. The molecule has 0 unspecified atom stereocenters. The summed E-state index contributed by atoms with van der Waals surface area (Å²) < 4.78 is 12.9. The third-order valence-corrected chi connectivity index (χ3v) is 4.38. The number of nitrogens with zero attached hydrogens (tertiary/aromatic N) is 2. The minimum Gasteiger partial charge on any atom is -0.484 e. The van der Waals surface area contributed by atoms with Crippen LogP contribution in [0.1, 0.15) is 22.7 Å². The van der Waals surface area contributed by atoms with Crippen LogP contribution in [0.25, 0.3) is 0 Å².